The fourth-order valence-electron chi connectivity index (χ4n) is 4.65. The van der Waals surface area contributed by atoms with Crippen molar-refractivity contribution in [2.45, 2.75) is 25.3 Å². The fraction of sp³-hybridized carbons (Fsp3) is 0.296. The number of amides is 1. The van der Waals surface area contributed by atoms with Crippen molar-refractivity contribution in [2.24, 2.45) is 0 Å². The number of benzene rings is 3. The molecular formula is C27H28N2O3. The molecule has 1 atom stereocenters. The van der Waals surface area contributed by atoms with Gasteiger partial charge >= 0.3 is 0 Å². The Hall–Kier alpha value is -3.31. The van der Waals surface area contributed by atoms with Crippen molar-refractivity contribution in [3.8, 4) is 11.5 Å². The van der Waals surface area contributed by atoms with Gasteiger partial charge in [-0.05, 0) is 60.7 Å². The minimum Gasteiger partial charge on any atom is -0.486 e. The zero-order valence-electron chi connectivity index (χ0n) is 18.1. The summed E-state index contributed by atoms with van der Waals surface area (Å²) in [6.07, 6.45) is 2.91. The number of carbonyl (C=O) groups excluding carboxylic acids is 1. The van der Waals surface area contributed by atoms with Crippen molar-refractivity contribution in [1.29, 1.82) is 0 Å². The van der Waals surface area contributed by atoms with E-state index in [9.17, 15) is 4.79 Å². The highest BCUT2D eigenvalue weighted by atomic mass is 16.6. The van der Waals surface area contributed by atoms with Crippen molar-refractivity contribution in [1.82, 2.24) is 4.90 Å². The highest BCUT2D eigenvalue weighted by molar-refractivity contribution is 5.93. The summed E-state index contributed by atoms with van der Waals surface area (Å²) in [6, 6.07) is 24.8. The lowest BCUT2D eigenvalue weighted by Crippen LogP contribution is -2.33. The molecule has 1 amide bonds. The SMILES string of the molecule is O=C(CN1CCC[C@H]1c1ccc2c(c1)OCCO2)Nc1ccccc1Cc1ccccc1. The van der Waals surface area contributed by atoms with Crippen LogP contribution >= 0.6 is 0 Å². The van der Waals surface area contributed by atoms with Crippen LogP contribution < -0.4 is 14.8 Å². The standard InChI is InChI=1S/C27H28N2O3/c30-27(28-23-10-5-4-9-21(23)17-20-7-2-1-3-8-20)19-29-14-6-11-24(29)22-12-13-25-26(18-22)32-16-15-31-25/h1-5,7-10,12-13,18,24H,6,11,14-17,19H2,(H,28,30)/t24-/m0/s1. The van der Waals surface area contributed by atoms with Gasteiger partial charge in [-0.25, -0.2) is 0 Å². The van der Waals surface area contributed by atoms with E-state index in [4.69, 9.17) is 9.47 Å². The number of nitrogens with zero attached hydrogens (tertiary/aromatic N) is 1. The van der Waals surface area contributed by atoms with Crippen molar-refractivity contribution < 1.29 is 14.3 Å². The molecule has 2 aliphatic heterocycles. The molecule has 0 aromatic heterocycles. The van der Waals surface area contributed by atoms with Gasteiger partial charge in [-0.1, -0.05) is 54.6 Å². The van der Waals surface area contributed by atoms with Crippen molar-refractivity contribution in [3.63, 3.8) is 0 Å². The Balaban J connectivity index is 1.26. The first-order valence-corrected chi connectivity index (χ1v) is 11.3. The van der Waals surface area contributed by atoms with E-state index in [2.05, 4.69) is 40.5 Å². The van der Waals surface area contributed by atoms with Crippen LogP contribution in [0.2, 0.25) is 0 Å². The summed E-state index contributed by atoms with van der Waals surface area (Å²) in [4.78, 5) is 15.2. The maximum Gasteiger partial charge on any atom is 0.238 e. The Kier molecular flexibility index (Phi) is 6.08. The predicted molar refractivity (Wildman–Crippen MR) is 125 cm³/mol. The van der Waals surface area contributed by atoms with Crippen LogP contribution in [0.25, 0.3) is 0 Å². The number of anilines is 1. The maximum absolute atomic E-state index is 13.0. The van der Waals surface area contributed by atoms with E-state index in [1.165, 1.54) is 11.1 Å². The zero-order valence-corrected chi connectivity index (χ0v) is 18.1. The van der Waals surface area contributed by atoms with Gasteiger partial charge in [0.25, 0.3) is 0 Å². The Morgan fingerprint density at radius 2 is 1.72 bits per heavy atom. The molecule has 164 valence electrons. The van der Waals surface area contributed by atoms with Gasteiger partial charge in [0.1, 0.15) is 13.2 Å². The van der Waals surface area contributed by atoms with Gasteiger partial charge < -0.3 is 14.8 Å². The van der Waals surface area contributed by atoms with Gasteiger partial charge in [-0.15, -0.1) is 0 Å². The summed E-state index contributed by atoms with van der Waals surface area (Å²) in [7, 11) is 0. The van der Waals surface area contributed by atoms with Crippen molar-refractivity contribution >= 4 is 11.6 Å². The van der Waals surface area contributed by atoms with Gasteiger partial charge in [-0.2, -0.15) is 0 Å². The van der Waals surface area contributed by atoms with Crippen LogP contribution in [0, 0.1) is 0 Å². The summed E-state index contributed by atoms with van der Waals surface area (Å²) < 4.78 is 11.4. The lowest BCUT2D eigenvalue weighted by molar-refractivity contribution is -0.117. The lowest BCUT2D eigenvalue weighted by atomic mass is 10.0. The third-order valence-corrected chi connectivity index (χ3v) is 6.19. The minimum atomic E-state index is 0.0231. The van der Waals surface area contributed by atoms with E-state index in [0.29, 0.717) is 19.8 Å². The lowest BCUT2D eigenvalue weighted by Gasteiger charge is -2.26. The van der Waals surface area contributed by atoms with Gasteiger partial charge in [0, 0.05) is 11.7 Å². The molecule has 2 aliphatic rings. The number of fused-ring (bicyclic) bond motifs is 1. The molecule has 0 bridgehead atoms. The molecule has 1 saturated heterocycles. The highest BCUT2D eigenvalue weighted by Gasteiger charge is 2.29. The van der Waals surface area contributed by atoms with E-state index in [0.717, 1.165) is 48.6 Å². The third-order valence-electron chi connectivity index (χ3n) is 6.19. The molecular weight excluding hydrogens is 400 g/mol. The quantitative estimate of drug-likeness (QED) is 0.611. The van der Waals surface area contributed by atoms with Crippen molar-refractivity contribution in [2.75, 3.05) is 31.6 Å². The fourth-order valence-corrected chi connectivity index (χ4v) is 4.65. The maximum atomic E-state index is 13.0. The molecule has 0 radical (unpaired) electrons. The van der Waals surface area contributed by atoms with Gasteiger partial charge in [0.2, 0.25) is 5.91 Å². The third kappa shape index (κ3) is 4.63. The van der Waals surface area contributed by atoms with Gasteiger partial charge in [-0.3, -0.25) is 9.69 Å². The van der Waals surface area contributed by atoms with Crippen LogP contribution in [0.3, 0.4) is 0 Å². The number of hydrogen-bond donors (Lipinski definition) is 1. The van der Waals surface area contributed by atoms with E-state index < -0.39 is 0 Å². The summed E-state index contributed by atoms with van der Waals surface area (Å²) in [5.41, 5.74) is 4.42. The van der Waals surface area contributed by atoms with Gasteiger partial charge in [0.15, 0.2) is 11.5 Å². The minimum absolute atomic E-state index is 0.0231. The second kappa shape index (κ2) is 9.45. The van der Waals surface area contributed by atoms with E-state index >= 15 is 0 Å². The number of para-hydroxylation sites is 1. The van der Waals surface area contributed by atoms with E-state index in [1.54, 1.807) is 0 Å². The molecule has 3 aromatic carbocycles. The number of rotatable bonds is 6. The predicted octanol–water partition coefficient (Wildman–Crippen LogP) is 4.82. The molecule has 0 aliphatic carbocycles. The normalized spacial score (nSPS) is 17.8. The summed E-state index contributed by atoms with van der Waals surface area (Å²) in [5.74, 6) is 1.63. The Labute approximate surface area is 189 Å². The van der Waals surface area contributed by atoms with Crippen LogP contribution in [0.5, 0.6) is 11.5 Å². The first-order chi connectivity index (χ1) is 15.8. The molecule has 0 saturated carbocycles. The number of likely N-dealkylation sites (tertiary alicyclic amines) is 1. The van der Waals surface area contributed by atoms with Crippen LogP contribution in [0.15, 0.2) is 72.8 Å². The summed E-state index contributed by atoms with van der Waals surface area (Å²) in [6.45, 7) is 2.46. The molecule has 2 heterocycles. The average Bonchev–Trinajstić information content (AvgIpc) is 3.28. The Morgan fingerprint density at radius 1 is 0.938 bits per heavy atom. The van der Waals surface area contributed by atoms with Crippen molar-refractivity contribution in [3.05, 3.63) is 89.5 Å². The van der Waals surface area contributed by atoms with Crippen LogP contribution in [-0.2, 0) is 11.2 Å². The van der Waals surface area contributed by atoms with Gasteiger partial charge in [0.05, 0.1) is 6.54 Å². The van der Waals surface area contributed by atoms with E-state index in [1.807, 2.05) is 42.5 Å². The molecule has 5 rings (SSSR count). The molecule has 0 spiro atoms. The molecule has 1 fully saturated rings. The smallest absolute Gasteiger partial charge is 0.238 e. The zero-order chi connectivity index (χ0) is 21.8. The average molecular weight is 429 g/mol. The van der Waals surface area contributed by atoms with Crippen LogP contribution in [0.1, 0.15) is 35.6 Å². The molecule has 5 heteroatoms. The molecule has 32 heavy (non-hydrogen) atoms. The van der Waals surface area contributed by atoms with E-state index in [-0.39, 0.29) is 11.9 Å². The highest BCUT2D eigenvalue weighted by Crippen LogP contribution is 2.38. The molecule has 1 N–H and O–H groups in total. The molecule has 0 unspecified atom stereocenters. The molecule has 3 aromatic rings. The monoisotopic (exact) mass is 428 g/mol. The molecule has 5 nitrogen and oxygen atoms in total. The second-order valence-electron chi connectivity index (χ2n) is 8.40. The van der Waals surface area contributed by atoms with Crippen LogP contribution in [0.4, 0.5) is 5.69 Å². The largest absolute Gasteiger partial charge is 0.486 e. The summed E-state index contributed by atoms with van der Waals surface area (Å²) >= 11 is 0. The number of nitrogens with one attached hydrogen (secondary N) is 1. The Morgan fingerprint density at radius 3 is 2.59 bits per heavy atom. The second-order valence-corrected chi connectivity index (χ2v) is 8.40. The van der Waals surface area contributed by atoms with Crippen LogP contribution in [-0.4, -0.2) is 37.1 Å². The first-order valence-electron chi connectivity index (χ1n) is 11.3. The number of hydrogen-bond acceptors (Lipinski definition) is 4. The first kappa shape index (κ1) is 20.6. The summed E-state index contributed by atoms with van der Waals surface area (Å²) in [5, 5.41) is 3.15. The topological polar surface area (TPSA) is 50.8 Å². The Bertz CT molecular complexity index is 1080. The number of ether oxygens (including phenoxy) is 2. The number of carbonyl (C=O) groups is 1.